The highest BCUT2D eigenvalue weighted by Crippen LogP contribution is 2.26. The Kier molecular flexibility index (Phi) is 4.41. The van der Waals surface area contributed by atoms with Gasteiger partial charge in [-0.3, -0.25) is 14.9 Å². The number of aromatic nitrogens is 2. The molecule has 0 fully saturated rings. The first-order valence-electron chi connectivity index (χ1n) is 7.91. The van der Waals surface area contributed by atoms with Gasteiger partial charge < -0.3 is 10.3 Å². The van der Waals surface area contributed by atoms with Gasteiger partial charge in [-0.1, -0.05) is 32.4 Å². The summed E-state index contributed by atoms with van der Waals surface area (Å²) < 4.78 is 0. The lowest BCUT2D eigenvalue weighted by atomic mass is 9.96. The standard InChI is InChI=1S/C18H17ClN4O3/c1-18(2,3)17-21-14-7-4-10(8-15(14)22-17)20-16(24)12-6-5-11(23(25)26)9-13(12)19/h4-9H,1-3H3,(H,20,24)(H,21,22). The number of rotatable bonds is 3. The number of imidazole rings is 1. The second kappa shape index (κ2) is 6.42. The number of nitrogens with one attached hydrogen (secondary N) is 2. The number of amides is 1. The lowest BCUT2D eigenvalue weighted by molar-refractivity contribution is -0.384. The number of halogens is 1. The number of nitro benzene ring substituents is 1. The predicted octanol–water partition coefficient (Wildman–Crippen LogP) is 4.67. The van der Waals surface area contributed by atoms with E-state index in [1.807, 2.05) is 6.07 Å². The molecule has 0 unspecified atom stereocenters. The van der Waals surface area contributed by atoms with E-state index in [1.54, 1.807) is 12.1 Å². The summed E-state index contributed by atoms with van der Waals surface area (Å²) in [6, 6.07) is 9.08. The number of fused-ring (bicyclic) bond motifs is 1. The second-order valence-electron chi connectivity index (χ2n) is 6.94. The average Bonchev–Trinajstić information content (AvgIpc) is 2.98. The van der Waals surface area contributed by atoms with Crippen LogP contribution in [-0.4, -0.2) is 20.8 Å². The molecule has 2 N–H and O–H groups in total. The number of hydrogen-bond donors (Lipinski definition) is 2. The minimum absolute atomic E-state index is 0.0225. The van der Waals surface area contributed by atoms with E-state index in [4.69, 9.17) is 11.6 Å². The second-order valence-corrected chi connectivity index (χ2v) is 7.35. The summed E-state index contributed by atoms with van der Waals surface area (Å²) in [6.45, 7) is 6.18. The summed E-state index contributed by atoms with van der Waals surface area (Å²) >= 11 is 6.00. The molecule has 3 rings (SSSR count). The van der Waals surface area contributed by atoms with E-state index in [9.17, 15) is 14.9 Å². The fourth-order valence-electron chi connectivity index (χ4n) is 2.44. The minimum Gasteiger partial charge on any atom is -0.341 e. The van der Waals surface area contributed by atoms with Crippen LogP contribution in [0.5, 0.6) is 0 Å². The SMILES string of the molecule is CC(C)(C)c1nc2ccc(NC(=O)c3ccc([N+](=O)[O-])cc3Cl)cc2[nH]1. The number of benzene rings is 2. The van der Waals surface area contributed by atoms with Crippen LogP contribution in [0.15, 0.2) is 36.4 Å². The van der Waals surface area contributed by atoms with Crippen LogP contribution >= 0.6 is 11.6 Å². The van der Waals surface area contributed by atoms with Crippen LogP contribution in [0, 0.1) is 10.1 Å². The van der Waals surface area contributed by atoms with Crippen LogP contribution in [-0.2, 0) is 5.41 Å². The van der Waals surface area contributed by atoms with Gasteiger partial charge in [0.1, 0.15) is 5.82 Å². The first-order valence-corrected chi connectivity index (χ1v) is 8.28. The molecule has 1 aromatic heterocycles. The van der Waals surface area contributed by atoms with Gasteiger partial charge in [-0.05, 0) is 24.3 Å². The summed E-state index contributed by atoms with van der Waals surface area (Å²) in [6.07, 6.45) is 0. The third-order valence-corrected chi connectivity index (χ3v) is 4.17. The van der Waals surface area contributed by atoms with Crippen molar-refractivity contribution in [3.05, 3.63) is 62.9 Å². The molecule has 0 saturated carbocycles. The first-order chi connectivity index (χ1) is 12.1. The van der Waals surface area contributed by atoms with Gasteiger partial charge in [0.15, 0.2) is 0 Å². The van der Waals surface area contributed by atoms with Crippen molar-refractivity contribution in [2.24, 2.45) is 0 Å². The topological polar surface area (TPSA) is 101 Å². The molecule has 3 aromatic rings. The monoisotopic (exact) mass is 372 g/mol. The van der Waals surface area contributed by atoms with E-state index in [1.165, 1.54) is 12.1 Å². The van der Waals surface area contributed by atoms with E-state index in [0.717, 1.165) is 22.9 Å². The van der Waals surface area contributed by atoms with Gasteiger partial charge in [-0.25, -0.2) is 4.98 Å². The molecule has 0 aliphatic rings. The lowest BCUT2D eigenvalue weighted by Gasteiger charge is -2.13. The largest absolute Gasteiger partial charge is 0.341 e. The van der Waals surface area contributed by atoms with Crippen LogP contribution < -0.4 is 5.32 Å². The first kappa shape index (κ1) is 17.9. The summed E-state index contributed by atoms with van der Waals surface area (Å²) in [5, 5.41) is 13.5. The van der Waals surface area contributed by atoms with Gasteiger partial charge in [-0.15, -0.1) is 0 Å². The van der Waals surface area contributed by atoms with E-state index in [2.05, 4.69) is 36.1 Å². The van der Waals surface area contributed by atoms with Crippen molar-refractivity contribution in [2.75, 3.05) is 5.32 Å². The number of nitrogens with zero attached hydrogens (tertiary/aromatic N) is 2. The third kappa shape index (κ3) is 3.52. The summed E-state index contributed by atoms with van der Waals surface area (Å²) in [5.41, 5.74) is 2.07. The normalized spacial score (nSPS) is 11.5. The molecule has 0 atom stereocenters. The van der Waals surface area contributed by atoms with Crippen molar-refractivity contribution < 1.29 is 9.72 Å². The summed E-state index contributed by atoms with van der Waals surface area (Å²) in [4.78, 5) is 30.4. The molecule has 0 spiro atoms. The highest BCUT2D eigenvalue weighted by atomic mass is 35.5. The van der Waals surface area contributed by atoms with Crippen molar-refractivity contribution in [3.63, 3.8) is 0 Å². The minimum atomic E-state index is -0.563. The van der Waals surface area contributed by atoms with E-state index < -0.39 is 10.8 Å². The maximum atomic E-state index is 12.4. The van der Waals surface area contributed by atoms with Crippen LogP contribution in [0.3, 0.4) is 0 Å². The Morgan fingerprint density at radius 3 is 2.58 bits per heavy atom. The molecule has 1 heterocycles. The van der Waals surface area contributed by atoms with Gasteiger partial charge in [0.05, 0.1) is 26.5 Å². The van der Waals surface area contributed by atoms with Crippen molar-refractivity contribution in [1.29, 1.82) is 0 Å². The Balaban J connectivity index is 1.86. The zero-order valence-electron chi connectivity index (χ0n) is 14.5. The van der Waals surface area contributed by atoms with Gasteiger partial charge in [-0.2, -0.15) is 0 Å². The zero-order chi connectivity index (χ0) is 19.1. The molecule has 0 bridgehead atoms. The molecular formula is C18H17ClN4O3. The molecule has 8 heteroatoms. The number of hydrogen-bond acceptors (Lipinski definition) is 4. The van der Waals surface area contributed by atoms with E-state index in [-0.39, 0.29) is 21.7 Å². The number of nitro groups is 1. The van der Waals surface area contributed by atoms with Gasteiger partial charge in [0.25, 0.3) is 11.6 Å². The van der Waals surface area contributed by atoms with E-state index in [0.29, 0.717) is 5.69 Å². The fraction of sp³-hybridized carbons (Fsp3) is 0.222. The molecule has 0 radical (unpaired) electrons. The van der Waals surface area contributed by atoms with Crippen LogP contribution in [0.4, 0.5) is 11.4 Å². The van der Waals surface area contributed by atoms with Crippen LogP contribution in [0.25, 0.3) is 11.0 Å². The Bertz CT molecular complexity index is 1020. The van der Waals surface area contributed by atoms with E-state index >= 15 is 0 Å². The molecule has 7 nitrogen and oxygen atoms in total. The van der Waals surface area contributed by atoms with Crippen molar-refractivity contribution >= 4 is 39.9 Å². The Morgan fingerprint density at radius 1 is 1.23 bits per heavy atom. The van der Waals surface area contributed by atoms with Crippen molar-refractivity contribution in [2.45, 2.75) is 26.2 Å². The molecule has 134 valence electrons. The third-order valence-electron chi connectivity index (χ3n) is 3.86. The van der Waals surface area contributed by atoms with Crippen LogP contribution in [0.2, 0.25) is 5.02 Å². The molecule has 0 saturated heterocycles. The zero-order valence-corrected chi connectivity index (χ0v) is 15.2. The van der Waals surface area contributed by atoms with Gasteiger partial charge in [0.2, 0.25) is 0 Å². The number of carbonyl (C=O) groups excluding carboxylic acids is 1. The number of non-ortho nitro benzene ring substituents is 1. The smallest absolute Gasteiger partial charge is 0.270 e. The van der Waals surface area contributed by atoms with Crippen molar-refractivity contribution in [1.82, 2.24) is 9.97 Å². The maximum absolute atomic E-state index is 12.4. The summed E-state index contributed by atoms with van der Waals surface area (Å²) in [5.74, 6) is 0.411. The number of anilines is 1. The summed E-state index contributed by atoms with van der Waals surface area (Å²) in [7, 11) is 0. The molecular weight excluding hydrogens is 356 g/mol. The number of H-pyrrole nitrogens is 1. The molecule has 1 amide bonds. The average molecular weight is 373 g/mol. The fourth-order valence-corrected chi connectivity index (χ4v) is 2.70. The molecule has 0 aliphatic carbocycles. The highest BCUT2D eigenvalue weighted by molar-refractivity contribution is 6.34. The maximum Gasteiger partial charge on any atom is 0.270 e. The molecule has 26 heavy (non-hydrogen) atoms. The number of carbonyl (C=O) groups is 1. The van der Waals surface area contributed by atoms with Crippen LogP contribution in [0.1, 0.15) is 37.0 Å². The number of aromatic amines is 1. The lowest BCUT2D eigenvalue weighted by Crippen LogP contribution is -2.13. The van der Waals surface area contributed by atoms with Crippen molar-refractivity contribution in [3.8, 4) is 0 Å². The Morgan fingerprint density at radius 2 is 1.96 bits per heavy atom. The predicted molar refractivity (Wildman–Crippen MR) is 101 cm³/mol. The Hall–Kier alpha value is -2.93. The molecule has 2 aromatic carbocycles. The quantitative estimate of drug-likeness (QED) is 0.515. The van der Waals surface area contributed by atoms with Gasteiger partial charge >= 0.3 is 0 Å². The Labute approximate surface area is 154 Å². The molecule has 0 aliphatic heterocycles. The van der Waals surface area contributed by atoms with Gasteiger partial charge in [0, 0.05) is 23.2 Å². The highest BCUT2D eigenvalue weighted by Gasteiger charge is 2.19.